The predicted molar refractivity (Wildman–Crippen MR) is 161 cm³/mol. The Morgan fingerprint density at radius 1 is 0.907 bits per heavy atom. The second-order valence-electron chi connectivity index (χ2n) is 14.9. The number of ether oxygens (including phenoxy) is 3. The third kappa shape index (κ3) is 3.79. The van der Waals surface area contributed by atoms with Gasteiger partial charge in [-0.3, -0.25) is 14.4 Å². The van der Waals surface area contributed by atoms with Crippen molar-refractivity contribution in [2.45, 2.75) is 98.9 Å². The normalized spacial score (nSPS) is 27.8. The van der Waals surface area contributed by atoms with E-state index in [4.69, 9.17) is 14.2 Å². The van der Waals surface area contributed by atoms with Crippen LogP contribution in [0.3, 0.4) is 0 Å². The highest BCUT2D eigenvalue weighted by atomic mass is 16.7. The molecule has 1 saturated heterocycles. The molecule has 0 saturated carbocycles. The summed E-state index contributed by atoms with van der Waals surface area (Å²) in [4.78, 5) is 41.8. The van der Waals surface area contributed by atoms with E-state index in [1.54, 1.807) is 41.5 Å². The molecule has 0 spiro atoms. The van der Waals surface area contributed by atoms with Crippen molar-refractivity contribution >= 4 is 17.3 Å². The zero-order valence-corrected chi connectivity index (χ0v) is 26.8. The maximum atomic E-state index is 14.1. The minimum atomic E-state index is -1.27. The Hall–Kier alpha value is -3.45. The van der Waals surface area contributed by atoms with Gasteiger partial charge in [0, 0.05) is 46.4 Å². The first-order valence-corrected chi connectivity index (χ1v) is 15.3. The summed E-state index contributed by atoms with van der Waals surface area (Å²) >= 11 is 0. The van der Waals surface area contributed by atoms with Gasteiger partial charge in [-0.05, 0) is 47.5 Å². The van der Waals surface area contributed by atoms with E-state index in [9.17, 15) is 19.5 Å². The molecule has 228 valence electrons. The molecule has 43 heavy (non-hydrogen) atoms. The lowest BCUT2D eigenvalue weighted by molar-refractivity contribution is -0.202. The second kappa shape index (κ2) is 9.04. The quantitative estimate of drug-likeness (QED) is 0.295. The van der Waals surface area contributed by atoms with Gasteiger partial charge in [0.15, 0.2) is 17.3 Å². The summed E-state index contributed by atoms with van der Waals surface area (Å²) in [7, 11) is 0. The van der Waals surface area contributed by atoms with E-state index in [1.807, 2.05) is 58.0 Å². The molecule has 7 nitrogen and oxygen atoms in total. The fourth-order valence-electron chi connectivity index (χ4n) is 7.87. The Balaban J connectivity index is 1.72. The van der Waals surface area contributed by atoms with Crippen molar-refractivity contribution in [1.29, 1.82) is 0 Å². The minimum Gasteiger partial charge on any atom is -0.507 e. The first-order chi connectivity index (χ1) is 19.9. The van der Waals surface area contributed by atoms with Gasteiger partial charge in [0.1, 0.15) is 28.6 Å². The molecule has 1 fully saturated rings. The van der Waals surface area contributed by atoms with Crippen LogP contribution < -0.4 is 9.47 Å². The summed E-state index contributed by atoms with van der Waals surface area (Å²) in [6.07, 6.45) is 0.458. The molecular weight excluding hydrogens is 544 g/mol. The van der Waals surface area contributed by atoms with Crippen LogP contribution in [0.1, 0.15) is 115 Å². The van der Waals surface area contributed by atoms with Gasteiger partial charge < -0.3 is 19.3 Å². The summed E-state index contributed by atoms with van der Waals surface area (Å²) in [6, 6.07) is 9.64. The number of carbonyl (C=O) groups is 3. The number of hydrogen-bond acceptors (Lipinski definition) is 7. The van der Waals surface area contributed by atoms with Crippen LogP contribution >= 0.6 is 0 Å². The van der Waals surface area contributed by atoms with Crippen molar-refractivity contribution in [3.63, 3.8) is 0 Å². The van der Waals surface area contributed by atoms with Crippen LogP contribution in [0.2, 0.25) is 0 Å². The molecular formula is C36H42O7. The van der Waals surface area contributed by atoms with E-state index >= 15 is 0 Å². The highest BCUT2D eigenvalue weighted by molar-refractivity contribution is 6.20. The molecule has 0 amide bonds. The molecule has 7 heteroatoms. The van der Waals surface area contributed by atoms with E-state index in [-0.39, 0.29) is 46.2 Å². The maximum Gasteiger partial charge on any atom is 0.238 e. The second-order valence-corrected chi connectivity index (χ2v) is 14.9. The highest BCUT2D eigenvalue weighted by Gasteiger charge is 2.63. The first-order valence-electron chi connectivity index (χ1n) is 15.3. The fourth-order valence-corrected chi connectivity index (χ4v) is 7.87. The van der Waals surface area contributed by atoms with Gasteiger partial charge in [-0.25, -0.2) is 0 Å². The van der Waals surface area contributed by atoms with Crippen LogP contribution in [-0.4, -0.2) is 28.1 Å². The number of aromatic hydroxyl groups is 1. The molecule has 6 rings (SSSR count). The van der Waals surface area contributed by atoms with E-state index < -0.39 is 34.1 Å². The predicted octanol–water partition coefficient (Wildman–Crippen LogP) is 7.35. The SMILES string of the molecule is CC(C)C(=O)c1c(O)c2c(c3c1OC1(c4ccccc4)CC3C(C)(C)O1)OC1=C(C(=O)C(C)(C)C(=O)C1(C)C)C2C(C)C. The van der Waals surface area contributed by atoms with Crippen LogP contribution in [0.5, 0.6) is 17.2 Å². The van der Waals surface area contributed by atoms with E-state index in [1.165, 1.54) is 0 Å². The van der Waals surface area contributed by atoms with E-state index in [0.29, 0.717) is 34.6 Å². The summed E-state index contributed by atoms with van der Waals surface area (Å²) in [5.41, 5.74) is -0.764. The monoisotopic (exact) mass is 586 g/mol. The Kier molecular flexibility index (Phi) is 6.22. The third-order valence-electron chi connectivity index (χ3n) is 10.0. The van der Waals surface area contributed by atoms with Gasteiger partial charge in [0.2, 0.25) is 5.79 Å². The number of rotatable bonds is 4. The van der Waals surface area contributed by atoms with Crippen molar-refractivity contribution in [2.75, 3.05) is 0 Å². The number of fused-ring (bicyclic) bond motifs is 6. The Morgan fingerprint density at radius 3 is 2.12 bits per heavy atom. The molecule has 0 aromatic heterocycles. The Morgan fingerprint density at radius 2 is 1.53 bits per heavy atom. The minimum absolute atomic E-state index is 0.0891. The summed E-state index contributed by atoms with van der Waals surface area (Å²) in [5, 5.41) is 12.2. The van der Waals surface area contributed by atoms with Gasteiger partial charge in [-0.2, -0.15) is 0 Å². The molecule has 2 aromatic rings. The number of Topliss-reactive ketones (excluding diaryl/α,β-unsaturated/α-hetero) is 3. The van der Waals surface area contributed by atoms with Crippen LogP contribution in [0.25, 0.3) is 0 Å². The molecule has 1 N–H and O–H groups in total. The van der Waals surface area contributed by atoms with Crippen molar-refractivity contribution in [1.82, 2.24) is 0 Å². The van der Waals surface area contributed by atoms with Crippen LogP contribution in [0.4, 0.5) is 0 Å². The maximum absolute atomic E-state index is 14.1. The zero-order chi connectivity index (χ0) is 31.6. The smallest absolute Gasteiger partial charge is 0.238 e. The molecule has 3 atom stereocenters. The van der Waals surface area contributed by atoms with Crippen molar-refractivity contribution in [3.8, 4) is 17.2 Å². The lowest BCUT2D eigenvalue weighted by Gasteiger charge is -2.47. The van der Waals surface area contributed by atoms with Crippen molar-refractivity contribution in [2.24, 2.45) is 22.7 Å². The van der Waals surface area contributed by atoms with Gasteiger partial charge >= 0.3 is 0 Å². The number of ketones is 3. The molecule has 3 aliphatic heterocycles. The van der Waals surface area contributed by atoms with Crippen LogP contribution in [0, 0.1) is 22.7 Å². The van der Waals surface area contributed by atoms with Crippen molar-refractivity contribution in [3.05, 3.63) is 63.9 Å². The van der Waals surface area contributed by atoms with E-state index in [2.05, 4.69) is 0 Å². The van der Waals surface area contributed by atoms with Gasteiger partial charge in [-0.15, -0.1) is 0 Å². The van der Waals surface area contributed by atoms with Gasteiger partial charge in [0.25, 0.3) is 0 Å². The van der Waals surface area contributed by atoms with Crippen LogP contribution in [0.15, 0.2) is 41.7 Å². The lowest BCUT2D eigenvalue weighted by Crippen LogP contribution is -2.52. The van der Waals surface area contributed by atoms with E-state index in [0.717, 1.165) is 5.56 Å². The summed E-state index contributed by atoms with van der Waals surface area (Å²) < 4.78 is 20.3. The molecule has 2 bridgehead atoms. The number of phenols is 1. The molecule has 3 heterocycles. The Labute approximate surface area is 253 Å². The number of carbonyl (C=O) groups excluding carboxylic acids is 3. The average Bonchev–Trinajstić information content (AvgIpc) is 3.16. The molecule has 4 aliphatic rings. The summed E-state index contributed by atoms with van der Waals surface area (Å²) in [6.45, 7) is 18.4. The molecule has 3 unspecified atom stereocenters. The number of allylic oxidation sites excluding steroid dienone is 2. The van der Waals surface area contributed by atoms with Crippen LogP contribution in [-0.2, 0) is 20.1 Å². The molecule has 0 radical (unpaired) electrons. The number of benzene rings is 2. The van der Waals surface area contributed by atoms with Crippen molar-refractivity contribution < 1.29 is 33.7 Å². The Bertz CT molecular complexity index is 1620. The number of phenolic OH excluding ortho intramolecular Hbond substituents is 1. The fraction of sp³-hybridized carbons (Fsp3) is 0.528. The van der Waals surface area contributed by atoms with Gasteiger partial charge in [0.05, 0.1) is 16.4 Å². The van der Waals surface area contributed by atoms with Gasteiger partial charge in [-0.1, -0.05) is 58.0 Å². The topological polar surface area (TPSA) is 99.1 Å². The average molecular weight is 587 g/mol. The highest BCUT2D eigenvalue weighted by Crippen LogP contribution is 2.67. The third-order valence-corrected chi connectivity index (χ3v) is 10.0. The lowest BCUT2D eigenvalue weighted by atomic mass is 9.59. The standard InChI is InChI=1S/C36H42O7/c1-17(2)21-23-27(38)25(26(37)18(3)4)29-22(20-16-36(42-29,43-35(20,9)10)19-14-12-11-13-15-19)28(23)41-31-24(21)30(39)33(5,6)32(40)34(31,7)8/h11-15,17-18,20-21,38H,16H2,1-10H3. The molecule has 2 aromatic carbocycles. The summed E-state index contributed by atoms with van der Waals surface area (Å²) in [5.74, 6) is -2.78. The zero-order valence-electron chi connectivity index (χ0n) is 26.8. The first kappa shape index (κ1) is 29.6. The number of hydrogen-bond donors (Lipinski definition) is 1. The molecule has 1 aliphatic carbocycles. The largest absolute Gasteiger partial charge is 0.507 e.